The molecule has 3 aliphatic heterocycles. The van der Waals surface area contributed by atoms with Gasteiger partial charge in [0.2, 0.25) is 11.8 Å². The molecule has 1 N–H and O–H groups in total. The molecule has 15 heteroatoms. The summed E-state index contributed by atoms with van der Waals surface area (Å²) in [6, 6.07) is 9.51. The lowest BCUT2D eigenvalue weighted by Crippen LogP contribution is -2.54. The number of pyridine rings is 2. The Morgan fingerprint density at radius 1 is 0.891 bits per heavy atom. The van der Waals surface area contributed by atoms with Crippen molar-refractivity contribution < 1.29 is 33.4 Å². The predicted molar refractivity (Wildman–Crippen MR) is 202 cm³/mol. The van der Waals surface area contributed by atoms with Crippen molar-refractivity contribution in [3.63, 3.8) is 0 Å². The Hall–Kier alpha value is -5.93. The highest BCUT2D eigenvalue weighted by Crippen LogP contribution is 2.39. The van der Waals surface area contributed by atoms with Crippen LogP contribution in [0.3, 0.4) is 0 Å². The number of thiazole rings is 1. The van der Waals surface area contributed by atoms with E-state index in [0.29, 0.717) is 35.1 Å². The number of ether oxygens (including phenoxy) is 3. The van der Waals surface area contributed by atoms with Crippen LogP contribution in [0.15, 0.2) is 65.2 Å². The van der Waals surface area contributed by atoms with Gasteiger partial charge in [0.25, 0.3) is 17.4 Å². The maximum absolute atomic E-state index is 13.2. The Morgan fingerprint density at radius 3 is 2.36 bits per heavy atom. The normalized spacial score (nSPS) is 17.8. The molecule has 1 atom stereocenters. The van der Waals surface area contributed by atoms with Gasteiger partial charge in [0.1, 0.15) is 29.9 Å². The Labute approximate surface area is 319 Å². The van der Waals surface area contributed by atoms with E-state index in [1.807, 2.05) is 29.8 Å². The number of aromatic nitrogens is 3. The minimum atomic E-state index is -1.02. The number of amides is 4. The summed E-state index contributed by atoms with van der Waals surface area (Å²) >= 11 is 1.61. The number of fused-ring (bicyclic) bond motifs is 2. The number of hydrogen-bond donors (Lipinski definition) is 1. The van der Waals surface area contributed by atoms with E-state index in [-0.39, 0.29) is 36.1 Å². The molecule has 4 amide bonds. The Balaban J connectivity index is 0.897. The second-order valence-corrected chi connectivity index (χ2v) is 14.8. The van der Waals surface area contributed by atoms with Crippen molar-refractivity contribution in [3.05, 3.63) is 98.1 Å². The van der Waals surface area contributed by atoms with E-state index in [0.717, 1.165) is 63.6 Å². The number of carbonyl (C=O) groups excluding carboxylic acids is 4. The summed E-state index contributed by atoms with van der Waals surface area (Å²) < 4.78 is 19.4. The molecule has 2 fully saturated rings. The first-order valence-electron chi connectivity index (χ1n) is 18.0. The molecule has 0 bridgehead atoms. The molecular formula is C40H38N6O8S. The first-order valence-corrected chi connectivity index (χ1v) is 18.8. The van der Waals surface area contributed by atoms with E-state index < -0.39 is 29.7 Å². The van der Waals surface area contributed by atoms with Crippen LogP contribution >= 0.6 is 11.3 Å². The highest BCUT2D eigenvalue weighted by Gasteiger charge is 2.44. The summed E-state index contributed by atoms with van der Waals surface area (Å²) in [5.41, 5.74) is 3.75. The van der Waals surface area contributed by atoms with E-state index in [1.54, 1.807) is 55.6 Å². The van der Waals surface area contributed by atoms with Crippen LogP contribution in [0.1, 0.15) is 68.6 Å². The molecule has 6 heterocycles. The fraction of sp³-hybridized carbons (Fsp3) is 0.325. The monoisotopic (exact) mass is 762 g/mol. The lowest BCUT2D eigenvalue weighted by atomic mass is 9.96. The molecule has 2 aromatic carbocycles. The van der Waals surface area contributed by atoms with Gasteiger partial charge in [-0.3, -0.25) is 44.1 Å². The molecule has 0 aliphatic carbocycles. The molecule has 2 saturated heterocycles. The first kappa shape index (κ1) is 36.1. The van der Waals surface area contributed by atoms with Crippen LogP contribution in [-0.2, 0) is 29.8 Å². The number of imide groups is 2. The van der Waals surface area contributed by atoms with Crippen molar-refractivity contribution in [2.75, 3.05) is 27.3 Å². The fourth-order valence-corrected chi connectivity index (χ4v) is 8.65. The fourth-order valence-electron chi connectivity index (χ4n) is 7.67. The summed E-state index contributed by atoms with van der Waals surface area (Å²) in [7, 11) is 5.05. The summed E-state index contributed by atoms with van der Waals surface area (Å²) in [6.45, 7) is 2.56. The van der Waals surface area contributed by atoms with E-state index in [1.165, 1.54) is 12.1 Å². The number of nitrogens with one attached hydrogen (secondary N) is 1. The van der Waals surface area contributed by atoms with Crippen LogP contribution in [0.4, 0.5) is 0 Å². The van der Waals surface area contributed by atoms with E-state index >= 15 is 0 Å². The number of nitrogens with zero attached hydrogens (tertiary/aromatic N) is 5. The van der Waals surface area contributed by atoms with E-state index in [2.05, 4.69) is 15.2 Å². The number of benzene rings is 2. The molecular weight excluding hydrogens is 725 g/mol. The zero-order valence-electron chi connectivity index (χ0n) is 30.5. The van der Waals surface area contributed by atoms with Gasteiger partial charge >= 0.3 is 0 Å². The third kappa shape index (κ3) is 6.74. The minimum absolute atomic E-state index is 0.0597. The SMILES string of the molecule is COc1cc(-c2cn(C)c(=O)c3cnccc23)cc(OC)c1CN1CCC(c2nc(COc3ccc4c(c3)C(=O)N(C3CCC(=O)NC3=O)C4=O)cs2)CC1. The molecule has 14 nitrogen and oxygen atoms in total. The van der Waals surface area contributed by atoms with Crippen LogP contribution in [0.5, 0.6) is 17.2 Å². The topological polar surface area (TPSA) is 162 Å². The second-order valence-electron chi connectivity index (χ2n) is 13.9. The predicted octanol–water partition coefficient (Wildman–Crippen LogP) is 4.43. The molecule has 8 rings (SSSR count). The molecule has 0 radical (unpaired) electrons. The number of piperidine rings is 2. The average Bonchev–Trinajstić information content (AvgIpc) is 3.77. The molecule has 3 aliphatic rings. The Morgan fingerprint density at radius 2 is 1.64 bits per heavy atom. The molecule has 0 saturated carbocycles. The van der Waals surface area contributed by atoms with Crippen molar-refractivity contribution >= 4 is 45.7 Å². The number of rotatable bonds is 10. The number of aryl methyl sites for hydroxylation is 1. The minimum Gasteiger partial charge on any atom is -0.496 e. The van der Waals surface area contributed by atoms with Crippen molar-refractivity contribution in [1.82, 2.24) is 29.7 Å². The van der Waals surface area contributed by atoms with Gasteiger partial charge in [0.05, 0.1) is 47.0 Å². The molecule has 1 unspecified atom stereocenters. The van der Waals surface area contributed by atoms with Crippen molar-refractivity contribution in [2.45, 2.75) is 50.8 Å². The number of carbonyl (C=O) groups is 4. The lowest BCUT2D eigenvalue weighted by molar-refractivity contribution is -0.136. The summed E-state index contributed by atoms with van der Waals surface area (Å²) in [5, 5.41) is 6.60. The Kier molecular flexibility index (Phi) is 9.65. The lowest BCUT2D eigenvalue weighted by Gasteiger charge is -2.32. The van der Waals surface area contributed by atoms with Crippen LogP contribution < -0.4 is 25.1 Å². The van der Waals surface area contributed by atoms with Crippen LogP contribution in [0.2, 0.25) is 0 Å². The smallest absolute Gasteiger partial charge is 0.262 e. The molecule has 282 valence electrons. The van der Waals surface area contributed by atoms with Crippen molar-refractivity contribution in [1.29, 1.82) is 0 Å². The summed E-state index contributed by atoms with van der Waals surface area (Å²) in [4.78, 5) is 75.3. The van der Waals surface area contributed by atoms with Gasteiger partial charge in [-0.1, -0.05) is 0 Å². The first-order chi connectivity index (χ1) is 26.6. The van der Waals surface area contributed by atoms with Crippen LogP contribution in [0.25, 0.3) is 21.9 Å². The molecule has 0 spiro atoms. The average molecular weight is 763 g/mol. The number of hydrogen-bond acceptors (Lipinski definition) is 12. The van der Waals surface area contributed by atoms with Gasteiger partial charge in [-0.2, -0.15) is 0 Å². The summed E-state index contributed by atoms with van der Waals surface area (Å²) in [5.74, 6) is -0.0711. The second kappa shape index (κ2) is 14.7. The van der Waals surface area contributed by atoms with E-state index in [9.17, 15) is 24.0 Å². The number of methoxy groups -OCH3 is 2. The third-order valence-electron chi connectivity index (χ3n) is 10.6. The van der Waals surface area contributed by atoms with Gasteiger partial charge in [-0.15, -0.1) is 11.3 Å². The van der Waals surface area contributed by atoms with Crippen LogP contribution in [0, 0.1) is 0 Å². The largest absolute Gasteiger partial charge is 0.496 e. The highest BCUT2D eigenvalue weighted by molar-refractivity contribution is 7.09. The van der Waals surface area contributed by atoms with Crippen molar-refractivity contribution in [3.8, 4) is 28.4 Å². The standard InChI is InChI=1S/C40H38N6O8S/c1-44-18-30(26-8-11-41-17-29(26)38(44)49)23-14-33(52-2)31(34(15-23)53-3)19-45-12-9-22(10-13-45)37-42-24(21-55-37)20-54-25-4-5-27-28(16-25)40(51)46(39(27)50)32-6-7-35(47)43-36(32)48/h4-5,8,11,14-18,21-22,32H,6-7,9-10,12-13,19-20H2,1-3H3,(H,43,47,48). The maximum Gasteiger partial charge on any atom is 0.262 e. The van der Waals surface area contributed by atoms with Gasteiger partial charge in [-0.25, -0.2) is 4.98 Å². The van der Waals surface area contributed by atoms with E-state index in [4.69, 9.17) is 19.2 Å². The van der Waals surface area contributed by atoms with Gasteiger partial charge in [-0.05, 0) is 79.7 Å². The Bertz CT molecular complexity index is 2410. The summed E-state index contributed by atoms with van der Waals surface area (Å²) in [6.07, 6.45) is 7.13. The highest BCUT2D eigenvalue weighted by atomic mass is 32.1. The molecule has 55 heavy (non-hydrogen) atoms. The molecule has 5 aromatic rings. The zero-order valence-corrected chi connectivity index (χ0v) is 31.3. The third-order valence-corrected chi connectivity index (χ3v) is 11.6. The van der Waals surface area contributed by atoms with Gasteiger partial charge < -0.3 is 18.8 Å². The quantitative estimate of drug-likeness (QED) is 0.200. The maximum atomic E-state index is 13.2. The molecule has 3 aromatic heterocycles. The van der Waals surface area contributed by atoms with Crippen molar-refractivity contribution in [2.24, 2.45) is 7.05 Å². The van der Waals surface area contributed by atoms with Crippen LogP contribution in [-0.4, -0.2) is 81.3 Å². The zero-order chi connectivity index (χ0) is 38.4. The number of likely N-dealkylation sites (tertiary alicyclic amines) is 1. The van der Waals surface area contributed by atoms with Gasteiger partial charge in [0.15, 0.2) is 0 Å². The van der Waals surface area contributed by atoms with Gasteiger partial charge in [0, 0.05) is 55.5 Å².